The molecule has 1 fully saturated rings. The van der Waals surface area contributed by atoms with Crippen LogP contribution in [0, 0.1) is 0 Å². The van der Waals surface area contributed by atoms with E-state index in [-0.39, 0.29) is 0 Å². The molecular weight excluding hydrogens is 236 g/mol. The van der Waals surface area contributed by atoms with Gasteiger partial charge in [-0.25, -0.2) is 9.97 Å². The average molecular weight is 250 g/mol. The number of fused-ring (bicyclic) bond motifs is 1. The largest absolute Gasteiger partial charge is 0.388 e. The zero-order valence-corrected chi connectivity index (χ0v) is 9.76. The Kier molecular flexibility index (Phi) is 2.47. The zero-order valence-electron chi connectivity index (χ0n) is 9.76. The first-order chi connectivity index (χ1) is 8.59. The lowest BCUT2D eigenvalue weighted by Crippen LogP contribution is -2.30. The van der Waals surface area contributed by atoms with Crippen LogP contribution < -0.4 is 5.73 Å². The van der Waals surface area contributed by atoms with Gasteiger partial charge in [0.05, 0.1) is 11.5 Å². The highest BCUT2D eigenvalue weighted by Crippen LogP contribution is 2.32. The third-order valence-corrected chi connectivity index (χ3v) is 3.29. The highest BCUT2D eigenvalue weighted by Gasteiger charge is 2.41. The predicted molar refractivity (Wildman–Crippen MR) is 63.5 cm³/mol. The molecule has 4 atom stereocenters. The summed E-state index contributed by atoms with van der Waals surface area (Å²) in [5.74, 6) is 0.375. The number of rotatable bonds is 1. The molecule has 2 aromatic rings. The lowest BCUT2D eigenvalue weighted by Gasteiger charge is -2.17. The van der Waals surface area contributed by atoms with E-state index in [9.17, 15) is 10.2 Å². The van der Waals surface area contributed by atoms with Gasteiger partial charge in [0.15, 0.2) is 6.23 Å². The van der Waals surface area contributed by atoms with E-state index in [4.69, 9.17) is 10.5 Å². The minimum absolute atomic E-state index is 0.375. The Labute approximate surface area is 103 Å². The third-order valence-electron chi connectivity index (χ3n) is 3.29. The second-order valence-electron chi connectivity index (χ2n) is 4.43. The van der Waals surface area contributed by atoms with Crippen molar-refractivity contribution in [3.8, 4) is 0 Å². The number of ether oxygens (including phenoxy) is 1. The molecule has 4 N–H and O–H groups in total. The molecule has 1 aliphatic heterocycles. The van der Waals surface area contributed by atoms with Gasteiger partial charge in [0.1, 0.15) is 30.0 Å². The molecule has 0 radical (unpaired) electrons. The van der Waals surface area contributed by atoms with E-state index in [1.807, 2.05) is 0 Å². The molecule has 3 heterocycles. The third kappa shape index (κ3) is 1.48. The van der Waals surface area contributed by atoms with Crippen LogP contribution in [0.15, 0.2) is 18.6 Å². The van der Waals surface area contributed by atoms with Crippen molar-refractivity contribution in [3.63, 3.8) is 0 Å². The fourth-order valence-electron chi connectivity index (χ4n) is 2.25. The van der Waals surface area contributed by atoms with Gasteiger partial charge in [-0.05, 0) is 13.0 Å². The van der Waals surface area contributed by atoms with Crippen molar-refractivity contribution in [2.75, 3.05) is 5.73 Å². The van der Waals surface area contributed by atoms with Crippen LogP contribution in [0.4, 0.5) is 5.82 Å². The summed E-state index contributed by atoms with van der Waals surface area (Å²) in [6.07, 6.45) is 0.0748. The Morgan fingerprint density at radius 3 is 2.78 bits per heavy atom. The van der Waals surface area contributed by atoms with Crippen LogP contribution in [0.3, 0.4) is 0 Å². The Morgan fingerprint density at radius 1 is 1.33 bits per heavy atom. The van der Waals surface area contributed by atoms with Crippen molar-refractivity contribution in [2.45, 2.75) is 31.5 Å². The monoisotopic (exact) mass is 250 g/mol. The molecule has 2 aromatic heterocycles. The summed E-state index contributed by atoms with van der Waals surface area (Å²) < 4.78 is 7.20. The molecule has 96 valence electrons. The summed E-state index contributed by atoms with van der Waals surface area (Å²) in [4.78, 5) is 8.03. The first-order valence-corrected chi connectivity index (χ1v) is 5.68. The van der Waals surface area contributed by atoms with Crippen molar-refractivity contribution in [3.05, 3.63) is 18.6 Å². The first-order valence-electron chi connectivity index (χ1n) is 5.68. The van der Waals surface area contributed by atoms with E-state index in [1.165, 1.54) is 6.33 Å². The van der Waals surface area contributed by atoms with Gasteiger partial charge in [-0.2, -0.15) is 0 Å². The summed E-state index contributed by atoms with van der Waals surface area (Å²) in [5.41, 5.74) is 6.32. The molecule has 18 heavy (non-hydrogen) atoms. The fourth-order valence-corrected chi connectivity index (χ4v) is 2.25. The summed E-state index contributed by atoms with van der Waals surface area (Å²) in [6, 6.07) is 1.76. The van der Waals surface area contributed by atoms with E-state index < -0.39 is 24.5 Å². The fraction of sp³-hybridized carbons (Fsp3) is 0.455. The van der Waals surface area contributed by atoms with Gasteiger partial charge in [0.2, 0.25) is 0 Å². The average Bonchev–Trinajstić information content (AvgIpc) is 2.88. The smallest absolute Gasteiger partial charge is 0.164 e. The SMILES string of the molecule is C[C@H]1O[C@@H](n2ccc3c(N)ncnc32)C(O)C1O. The number of hydrogen-bond donors (Lipinski definition) is 3. The second kappa shape index (κ2) is 3.91. The Morgan fingerprint density at radius 2 is 2.11 bits per heavy atom. The topological polar surface area (TPSA) is 106 Å². The van der Waals surface area contributed by atoms with Crippen LogP contribution >= 0.6 is 0 Å². The van der Waals surface area contributed by atoms with Crippen LogP contribution in [0.5, 0.6) is 0 Å². The molecule has 0 aromatic carbocycles. The number of nitrogens with two attached hydrogens (primary N) is 1. The summed E-state index contributed by atoms with van der Waals surface area (Å²) in [7, 11) is 0. The van der Waals surface area contributed by atoms with Crippen molar-refractivity contribution < 1.29 is 14.9 Å². The number of aliphatic hydroxyl groups is 2. The molecule has 7 nitrogen and oxygen atoms in total. The molecule has 0 spiro atoms. The molecule has 0 amide bonds. The van der Waals surface area contributed by atoms with Gasteiger partial charge in [0, 0.05) is 6.20 Å². The number of nitrogen functional groups attached to an aromatic ring is 1. The molecule has 0 saturated carbocycles. The van der Waals surface area contributed by atoms with Crippen molar-refractivity contribution >= 4 is 16.9 Å². The maximum absolute atomic E-state index is 9.96. The Bertz CT molecular complexity index is 585. The zero-order chi connectivity index (χ0) is 12.9. The van der Waals surface area contributed by atoms with Gasteiger partial charge in [-0.3, -0.25) is 0 Å². The van der Waals surface area contributed by atoms with Gasteiger partial charge >= 0.3 is 0 Å². The molecular formula is C11H14N4O3. The number of hydrogen-bond acceptors (Lipinski definition) is 6. The number of nitrogens with zero attached hydrogens (tertiary/aromatic N) is 3. The van der Waals surface area contributed by atoms with E-state index in [0.29, 0.717) is 16.9 Å². The quantitative estimate of drug-likeness (QED) is 0.639. The van der Waals surface area contributed by atoms with E-state index in [1.54, 1.807) is 23.8 Å². The maximum atomic E-state index is 9.96. The summed E-state index contributed by atoms with van der Waals surface area (Å²) >= 11 is 0. The molecule has 7 heteroatoms. The Hall–Kier alpha value is -1.70. The minimum atomic E-state index is -0.994. The first kappa shape index (κ1) is 11.4. The van der Waals surface area contributed by atoms with Gasteiger partial charge in [-0.1, -0.05) is 0 Å². The van der Waals surface area contributed by atoms with Crippen molar-refractivity contribution in [1.29, 1.82) is 0 Å². The summed E-state index contributed by atoms with van der Waals surface area (Å²) in [5, 5.41) is 20.4. The molecule has 0 aliphatic carbocycles. The molecule has 2 unspecified atom stereocenters. The van der Waals surface area contributed by atoms with Gasteiger partial charge in [-0.15, -0.1) is 0 Å². The second-order valence-corrected chi connectivity index (χ2v) is 4.43. The summed E-state index contributed by atoms with van der Waals surface area (Å²) in [6.45, 7) is 1.71. The number of aromatic nitrogens is 3. The number of aliphatic hydroxyl groups excluding tert-OH is 2. The Balaban J connectivity index is 2.08. The van der Waals surface area contributed by atoms with E-state index >= 15 is 0 Å². The van der Waals surface area contributed by atoms with Crippen LogP contribution in [0.2, 0.25) is 0 Å². The maximum Gasteiger partial charge on any atom is 0.164 e. The van der Waals surface area contributed by atoms with E-state index in [0.717, 1.165) is 0 Å². The van der Waals surface area contributed by atoms with Crippen LogP contribution in [-0.2, 0) is 4.74 Å². The normalized spacial score (nSPS) is 32.2. The molecule has 1 aliphatic rings. The van der Waals surface area contributed by atoms with Gasteiger partial charge < -0.3 is 25.3 Å². The van der Waals surface area contributed by atoms with Crippen molar-refractivity contribution in [1.82, 2.24) is 14.5 Å². The highest BCUT2D eigenvalue weighted by molar-refractivity contribution is 5.86. The van der Waals surface area contributed by atoms with Crippen LogP contribution in [-0.4, -0.2) is 43.1 Å². The lowest BCUT2D eigenvalue weighted by atomic mass is 10.1. The van der Waals surface area contributed by atoms with Gasteiger partial charge in [0.25, 0.3) is 0 Å². The molecule has 1 saturated heterocycles. The standard InChI is InChI=1S/C11H14N4O3/c1-5-7(16)8(17)11(18-5)15-3-2-6-9(12)13-4-14-10(6)15/h2-5,7-8,11,16-17H,1H3,(H2,12,13,14)/t5-,7?,8?,11-/m1/s1. The molecule has 0 bridgehead atoms. The van der Waals surface area contributed by atoms with Crippen LogP contribution in [0.25, 0.3) is 11.0 Å². The van der Waals surface area contributed by atoms with E-state index in [2.05, 4.69) is 9.97 Å². The molecule has 3 rings (SSSR count). The predicted octanol–water partition coefficient (Wildman–Crippen LogP) is -0.347. The minimum Gasteiger partial charge on any atom is -0.388 e. The van der Waals surface area contributed by atoms with Crippen LogP contribution in [0.1, 0.15) is 13.2 Å². The lowest BCUT2D eigenvalue weighted by molar-refractivity contribution is -0.0296. The highest BCUT2D eigenvalue weighted by atomic mass is 16.6. The van der Waals surface area contributed by atoms with Crippen molar-refractivity contribution in [2.24, 2.45) is 0 Å². The number of anilines is 1.